The maximum Gasteiger partial charge on any atom is 0.234 e. The highest BCUT2D eigenvalue weighted by Crippen LogP contribution is 2.26. The van der Waals surface area contributed by atoms with Crippen LogP contribution in [0.25, 0.3) is 16.9 Å². The molecule has 1 aliphatic heterocycles. The predicted octanol–water partition coefficient (Wildman–Crippen LogP) is 4.60. The van der Waals surface area contributed by atoms with Gasteiger partial charge in [-0.3, -0.25) is 9.69 Å². The lowest BCUT2D eigenvalue weighted by Gasteiger charge is -2.36. The molecule has 0 unspecified atom stereocenters. The van der Waals surface area contributed by atoms with Gasteiger partial charge in [0.2, 0.25) is 5.91 Å². The zero-order valence-corrected chi connectivity index (χ0v) is 22.4. The van der Waals surface area contributed by atoms with Gasteiger partial charge in [0.1, 0.15) is 5.75 Å². The first-order valence-corrected chi connectivity index (χ1v) is 13.1. The van der Waals surface area contributed by atoms with E-state index in [0.717, 1.165) is 54.6 Å². The highest BCUT2D eigenvalue weighted by atomic mass is 16.5. The van der Waals surface area contributed by atoms with Gasteiger partial charge in [-0.25, -0.2) is 4.68 Å². The van der Waals surface area contributed by atoms with Gasteiger partial charge < -0.3 is 15.0 Å². The van der Waals surface area contributed by atoms with Crippen molar-refractivity contribution >= 4 is 11.6 Å². The number of aryl methyl sites for hydroxylation is 1. The molecular weight excluding hydrogens is 474 g/mol. The summed E-state index contributed by atoms with van der Waals surface area (Å²) in [6.07, 6.45) is 0. The molecule has 7 nitrogen and oxygen atoms in total. The molecule has 3 aromatic carbocycles. The Labute approximate surface area is 224 Å². The van der Waals surface area contributed by atoms with E-state index in [4.69, 9.17) is 9.84 Å². The number of nitrogens with zero attached hydrogens (tertiary/aromatic N) is 4. The number of hydrogen-bond donors (Lipinski definition) is 1. The van der Waals surface area contributed by atoms with Crippen LogP contribution in [0.2, 0.25) is 0 Å². The topological polar surface area (TPSA) is 62.6 Å². The van der Waals surface area contributed by atoms with Crippen molar-refractivity contribution in [3.63, 3.8) is 0 Å². The average molecular weight is 510 g/mol. The van der Waals surface area contributed by atoms with E-state index in [1.165, 1.54) is 16.8 Å². The monoisotopic (exact) mass is 509 g/mol. The molecule has 0 radical (unpaired) electrons. The summed E-state index contributed by atoms with van der Waals surface area (Å²) in [6, 6.07) is 26.5. The molecule has 0 atom stereocenters. The summed E-state index contributed by atoms with van der Waals surface area (Å²) in [5.41, 5.74) is 7.73. The predicted molar refractivity (Wildman–Crippen MR) is 152 cm³/mol. The van der Waals surface area contributed by atoms with E-state index in [2.05, 4.69) is 47.2 Å². The lowest BCUT2D eigenvalue weighted by atomic mass is 10.1. The van der Waals surface area contributed by atoms with Crippen LogP contribution < -0.4 is 15.0 Å². The van der Waals surface area contributed by atoms with Crippen molar-refractivity contribution in [3.05, 3.63) is 95.7 Å². The van der Waals surface area contributed by atoms with Gasteiger partial charge in [0.25, 0.3) is 0 Å². The lowest BCUT2D eigenvalue weighted by Crippen LogP contribution is -2.49. The first-order valence-electron chi connectivity index (χ1n) is 13.1. The van der Waals surface area contributed by atoms with Gasteiger partial charge in [0, 0.05) is 37.4 Å². The van der Waals surface area contributed by atoms with Gasteiger partial charge in [0.05, 0.1) is 37.3 Å². The van der Waals surface area contributed by atoms with Gasteiger partial charge in [0.15, 0.2) is 0 Å². The zero-order chi connectivity index (χ0) is 26.5. The summed E-state index contributed by atoms with van der Waals surface area (Å²) < 4.78 is 7.24. The first kappa shape index (κ1) is 25.5. The van der Waals surface area contributed by atoms with Crippen LogP contribution in [0, 0.1) is 13.8 Å². The minimum atomic E-state index is 0.0189. The highest BCUT2D eigenvalue weighted by Gasteiger charge is 2.21. The highest BCUT2D eigenvalue weighted by molar-refractivity contribution is 5.78. The third-order valence-electron chi connectivity index (χ3n) is 7.27. The molecule has 0 aliphatic carbocycles. The molecule has 1 fully saturated rings. The van der Waals surface area contributed by atoms with E-state index in [1.54, 1.807) is 7.11 Å². The minimum absolute atomic E-state index is 0.0189. The third-order valence-corrected chi connectivity index (χ3v) is 7.27. The summed E-state index contributed by atoms with van der Waals surface area (Å²) in [7, 11) is 1.66. The van der Waals surface area contributed by atoms with Gasteiger partial charge >= 0.3 is 0 Å². The number of para-hydroxylation sites is 1. The SMILES string of the molecule is COc1ccc(-c2cc(CNC(=O)CN3CCN(c4cccc(C)c4C)CC3)nn2-c2ccccc2)cc1. The number of piperazine rings is 1. The number of methoxy groups -OCH3 is 1. The van der Waals surface area contributed by atoms with E-state index in [9.17, 15) is 4.79 Å². The Hall–Kier alpha value is -4.10. The quantitative estimate of drug-likeness (QED) is 0.376. The van der Waals surface area contributed by atoms with Crippen LogP contribution in [0.4, 0.5) is 5.69 Å². The second kappa shape index (κ2) is 11.5. The number of ether oxygens (including phenoxy) is 1. The van der Waals surface area contributed by atoms with Crippen molar-refractivity contribution in [1.29, 1.82) is 0 Å². The van der Waals surface area contributed by atoms with E-state index in [-0.39, 0.29) is 5.91 Å². The fourth-order valence-electron chi connectivity index (χ4n) is 4.92. The summed E-state index contributed by atoms with van der Waals surface area (Å²) in [6.45, 7) is 8.69. The molecule has 4 aromatic rings. The van der Waals surface area contributed by atoms with Crippen LogP contribution in [0.5, 0.6) is 5.75 Å². The molecule has 38 heavy (non-hydrogen) atoms. The summed E-state index contributed by atoms with van der Waals surface area (Å²) in [5.74, 6) is 0.826. The van der Waals surface area contributed by atoms with E-state index in [0.29, 0.717) is 13.1 Å². The standard InChI is InChI=1S/C31H35N5O2/c1-23-8-7-11-29(24(23)2)35-18-16-34(17-19-35)22-31(37)32-21-26-20-30(25-12-14-28(38-3)15-13-25)36(33-26)27-9-5-4-6-10-27/h4-15,20H,16-19,21-22H2,1-3H3,(H,32,37). The summed E-state index contributed by atoms with van der Waals surface area (Å²) >= 11 is 0. The van der Waals surface area contributed by atoms with Crippen LogP contribution in [-0.4, -0.2) is 60.4 Å². The number of carbonyl (C=O) groups excluding carboxylic acids is 1. The van der Waals surface area contributed by atoms with Crippen LogP contribution in [0.3, 0.4) is 0 Å². The van der Waals surface area contributed by atoms with Crippen molar-refractivity contribution in [2.75, 3.05) is 44.7 Å². The Balaban J connectivity index is 1.21. The second-order valence-corrected chi connectivity index (χ2v) is 9.76. The smallest absolute Gasteiger partial charge is 0.234 e. The van der Waals surface area contributed by atoms with Crippen molar-refractivity contribution in [2.24, 2.45) is 0 Å². The van der Waals surface area contributed by atoms with Crippen LogP contribution >= 0.6 is 0 Å². The minimum Gasteiger partial charge on any atom is -0.497 e. The van der Waals surface area contributed by atoms with Gasteiger partial charge in [-0.1, -0.05) is 30.3 Å². The summed E-state index contributed by atoms with van der Waals surface area (Å²) in [4.78, 5) is 17.5. The molecule has 0 saturated carbocycles. The van der Waals surface area contributed by atoms with Gasteiger partial charge in [-0.2, -0.15) is 5.10 Å². The molecule has 1 aromatic heterocycles. The number of nitrogens with one attached hydrogen (secondary N) is 1. The van der Waals surface area contributed by atoms with Crippen molar-refractivity contribution in [2.45, 2.75) is 20.4 Å². The number of amides is 1. The van der Waals surface area contributed by atoms with Gasteiger partial charge in [-0.05, 0) is 73.5 Å². The number of carbonyl (C=O) groups is 1. The summed E-state index contributed by atoms with van der Waals surface area (Å²) in [5, 5.41) is 7.90. The molecule has 196 valence electrons. The Kier molecular flexibility index (Phi) is 7.75. The van der Waals surface area contributed by atoms with E-state index < -0.39 is 0 Å². The zero-order valence-electron chi connectivity index (χ0n) is 22.4. The van der Waals surface area contributed by atoms with E-state index in [1.807, 2.05) is 65.3 Å². The molecule has 1 amide bonds. The molecule has 2 heterocycles. The number of benzene rings is 3. The van der Waals surface area contributed by atoms with Crippen molar-refractivity contribution in [3.8, 4) is 22.7 Å². The molecule has 0 bridgehead atoms. The van der Waals surface area contributed by atoms with E-state index >= 15 is 0 Å². The number of rotatable bonds is 8. The van der Waals surface area contributed by atoms with Crippen LogP contribution in [-0.2, 0) is 11.3 Å². The fourth-order valence-corrected chi connectivity index (χ4v) is 4.92. The second-order valence-electron chi connectivity index (χ2n) is 9.76. The normalized spacial score (nSPS) is 13.9. The average Bonchev–Trinajstić information content (AvgIpc) is 3.39. The van der Waals surface area contributed by atoms with Crippen LogP contribution in [0.15, 0.2) is 78.9 Å². The molecule has 7 heteroatoms. The third kappa shape index (κ3) is 5.73. The maximum absolute atomic E-state index is 12.8. The molecular formula is C31H35N5O2. The molecule has 1 N–H and O–H groups in total. The fraction of sp³-hybridized carbons (Fsp3) is 0.290. The van der Waals surface area contributed by atoms with Crippen LogP contribution in [0.1, 0.15) is 16.8 Å². The first-order chi connectivity index (χ1) is 18.5. The maximum atomic E-state index is 12.8. The van der Waals surface area contributed by atoms with Gasteiger partial charge in [-0.15, -0.1) is 0 Å². The Morgan fingerprint density at radius 2 is 1.66 bits per heavy atom. The number of aromatic nitrogens is 2. The number of anilines is 1. The van der Waals surface area contributed by atoms with Crippen molar-refractivity contribution in [1.82, 2.24) is 20.0 Å². The molecule has 1 saturated heterocycles. The molecule has 0 spiro atoms. The Bertz CT molecular complexity index is 1370. The Morgan fingerprint density at radius 1 is 0.921 bits per heavy atom. The van der Waals surface area contributed by atoms with Crippen molar-refractivity contribution < 1.29 is 9.53 Å². The molecule has 5 rings (SSSR count). The number of hydrogen-bond acceptors (Lipinski definition) is 5. The largest absolute Gasteiger partial charge is 0.497 e. The lowest BCUT2D eigenvalue weighted by molar-refractivity contribution is -0.122. The Morgan fingerprint density at radius 3 is 2.37 bits per heavy atom. The molecule has 1 aliphatic rings.